The van der Waals surface area contributed by atoms with Crippen molar-refractivity contribution in [3.63, 3.8) is 0 Å². The fraction of sp³-hybridized carbons (Fsp3) is 0.533. The van der Waals surface area contributed by atoms with Gasteiger partial charge in [-0.25, -0.2) is 0 Å². The van der Waals surface area contributed by atoms with Crippen molar-refractivity contribution in [2.45, 2.75) is 45.6 Å². The van der Waals surface area contributed by atoms with E-state index in [2.05, 4.69) is 12.2 Å². The lowest BCUT2D eigenvalue weighted by Gasteiger charge is -2.27. The van der Waals surface area contributed by atoms with E-state index in [9.17, 15) is 9.90 Å². The molecule has 0 heterocycles. The third kappa shape index (κ3) is 2.84. The van der Waals surface area contributed by atoms with Gasteiger partial charge in [0.1, 0.15) is 5.75 Å². The molecule has 3 nitrogen and oxygen atoms in total. The Bertz CT molecular complexity index is 442. The first-order valence-electron chi connectivity index (χ1n) is 6.67. The van der Waals surface area contributed by atoms with Crippen LogP contribution in [0.3, 0.4) is 0 Å². The molecule has 2 rings (SSSR count). The van der Waals surface area contributed by atoms with Gasteiger partial charge in [-0.3, -0.25) is 4.79 Å². The van der Waals surface area contributed by atoms with E-state index in [0.717, 1.165) is 18.4 Å². The van der Waals surface area contributed by atoms with Crippen LogP contribution in [0, 0.1) is 12.8 Å². The van der Waals surface area contributed by atoms with Crippen LogP contribution in [0.1, 0.15) is 48.5 Å². The molecule has 1 aliphatic rings. The number of benzene rings is 1. The van der Waals surface area contributed by atoms with Gasteiger partial charge in [-0.1, -0.05) is 31.9 Å². The maximum Gasteiger partial charge on any atom is 0.255 e. The molecule has 2 N–H and O–H groups in total. The molecule has 1 saturated carbocycles. The smallest absolute Gasteiger partial charge is 0.255 e. The van der Waals surface area contributed by atoms with Gasteiger partial charge in [0.05, 0.1) is 5.56 Å². The van der Waals surface area contributed by atoms with Crippen molar-refractivity contribution in [2.24, 2.45) is 5.92 Å². The second-order valence-electron chi connectivity index (χ2n) is 5.41. The molecule has 0 aromatic heterocycles. The molecular formula is C15H21NO2. The lowest BCUT2D eigenvalue weighted by Crippen LogP contribution is -2.38. The molecule has 0 radical (unpaired) electrons. The van der Waals surface area contributed by atoms with Gasteiger partial charge in [-0.2, -0.15) is 0 Å². The highest BCUT2D eigenvalue weighted by molar-refractivity contribution is 5.97. The number of rotatable bonds is 2. The number of aromatic hydroxyl groups is 1. The van der Waals surface area contributed by atoms with Crippen LogP contribution < -0.4 is 5.32 Å². The Balaban J connectivity index is 2.05. The van der Waals surface area contributed by atoms with Crippen LogP contribution in [0.5, 0.6) is 5.75 Å². The van der Waals surface area contributed by atoms with E-state index in [1.807, 2.05) is 0 Å². The van der Waals surface area contributed by atoms with Crippen LogP contribution in [-0.4, -0.2) is 17.1 Å². The van der Waals surface area contributed by atoms with Gasteiger partial charge >= 0.3 is 0 Å². The number of nitrogens with one attached hydrogen (secondary N) is 1. The molecule has 1 amide bonds. The topological polar surface area (TPSA) is 49.3 Å². The highest BCUT2D eigenvalue weighted by Crippen LogP contribution is 2.25. The molecule has 1 aromatic rings. The number of phenolic OH excluding ortho intramolecular Hbond substituents is 1. The molecule has 1 aromatic carbocycles. The van der Waals surface area contributed by atoms with Gasteiger partial charge in [-0.05, 0) is 37.3 Å². The van der Waals surface area contributed by atoms with E-state index in [1.165, 1.54) is 12.8 Å². The van der Waals surface area contributed by atoms with Crippen LogP contribution in [-0.2, 0) is 0 Å². The monoisotopic (exact) mass is 247 g/mol. The minimum atomic E-state index is -0.157. The van der Waals surface area contributed by atoms with Gasteiger partial charge in [0.25, 0.3) is 5.91 Å². The third-order valence-corrected chi connectivity index (χ3v) is 3.75. The summed E-state index contributed by atoms with van der Waals surface area (Å²) in [4.78, 5) is 12.1. The largest absolute Gasteiger partial charge is 0.507 e. The predicted octanol–water partition coefficient (Wildman–Crippen LogP) is 3.01. The first-order chi connectivity index (χ1) is 8.58. The van der Waals surface area contributed by atoms with Gasteiger partial charge < -0.3 is 10.4 Å². The molecule has 2 unspecified atom stereocenters. The quantitative estimate of drug-likeness (QED) is 0.844. The number of hydrogen-bond acceptors (Lipinski definition) is 2. The Hall–Kier alpha value is -1.51. The summed E-state index contributed by atoms with van der Waals surface area (Å²) in [6, 6.07) is 5.52. The van der Waals surface area contributed by atoms with Crippen LogP contribution in [0.15, 0.2) is 18.2 Å². The van der Waals surface area contributed by atoms with Crippen LogP contribution >= 0.6 is 0 Å². The van der Waals surface area contributed by atoms with Crippen molar-refractivity contribution in [3.05, 3.63) is 29.3 Å². The standard InChI is InChI=1S/C15H21NO2/c1-10-5-3-7-12(9-10)16-15(18)13-8-4-6-11(2)14(13)17/h4,6,8,10,12,17H,3,5,7,9H2,1-2H3,(H,16,18). The minimum Gasteiger partial charge on any atom is -0.507 e. The number of carbonyl (C=O) groups is 1. The molecule has 0 bridgehead atoms. The minimum absolute atomic E-state index is 0.0962. The molecule has 0 spiro atoms. The summed E-state index contributed by atoms with van der Waals surface area (Å²) in [5.74, 6) is 0.615. The van der Waals surface area contributed by atoms with E-state index in [-0.39, 0.29) is 17.7 Å². The van der Waals surface area contributed by atoms with E-state index in [1.54, 1.807) is 25.1 Å². The zero-order valence-corrected chi connectivity index (χ0v) is 11.1. The maximum absolute atomic E-state index is 12.1. The van der Waals surface area contributed by atoms with E-state index < -0.39 is 0 Å². The molecule has 98 valence electrons. The summed E-state index contributed by atoms with van der Waals surface area (Å²) in [6.07, 6.45) is 4.51. The number of carbonyl (C=O) groups excluding carboxylic acids is 1. The highest BCUT2D eigenvalue weighted by Gasteiger charge is 2.22. The summed E-state index contributed by atoms with van der Waals surface area (Å²) in [6.45, 7) is 4.03. The van der Waals surface area contributed by atoms with Crippen LogP contribution in [0.4, 0.5) is 0 Å². The average molecular weight is 247 g/mol. The van der Waals surface area contributed by atoms with Gasteiger partial charge in [0, 0.05) is 6.04 Å². The Kier molecular flexibility index (Phi) is 3.90. The fourth-order valence-electron chi connectivity index (χ4n) is 2.67. The molecule has 3 heteroatoms. The molecule has 0 saturated heterocycles. The lowest BCUT2D eigenvalue weighted by atomic mass is 9.87. The number of hydrogen-bond donors (Lipinski definition) is 2. The highest BCUT2D eigenvalue weighted by atomic mass is 16.3. The van der Waals surface area contributed by atoms with E-state index in [4.69, 9.17) is 0 Å². The number of phenols is 1. The van der Waals surface area contributed by atoms with Crippen molar-refractivity contribution < 1.29 is 9.90 Å². The summed E-state index contributed by atoms with van der Waals surface area (Å²) < 4.78 is 0. The molecule has 2 atom stereocenters. The zero-order valence-electron chi connectivity index (χ0n) is 11.1. The fourth-order valence-corrected chi connectivity index (χ4v) is 2.67. The number of aryl methyl sites for hydroxylation is 1. The Labute approximate surface area is 108 Å². The molecule has 1 fully saturated rings. The Morgan fingerprint density at radius 3 is 2.89 bits per heavy atom. The summed E-state index contributed by atoms with van der Waals surface area (Å²) in [5.41, 5.74) is 1.12. The van der Waals surface area contributed by atoms with E-state index in [0.29, 0.717) is 11.5 Å². The zero-order chi connectivity index (χ0) is 13.1. The summed E-state index contributed by atoms with van der Waals surface area (Å²) in [7, 11) is 0. The Morgan fingerprint density at radius 1 is 1.39 bits per heavy atom. The second-order valence-corrected chi connectivity index (χ2v) is 5.41. The summed E-state index contributed by atoms with van der Waals surface area (Å²) >= 11 is 0. The first-order valence-corrected chi connectivity index (χ1v) is 6.67. The van der Waals surface area contributed by atoms with Crippen molar-refractivity contribution in [3.8, 4) is 5.75 Å². The lowest BCUT2D eigenvalue weighted by molar-refractivity contribution is 0.0918. The van der Waals surface area contributed by atoms with Crippen molar-refractivity contribution >= 4 is 5.91 Å². The average Bonchev–Trinajstić information content (AvgIpc) is 2.32. The number of amides is 1. The van der Waals surface area contributed by atoms with E-state index >= 15 is 0 Å². The predicted molar refractivity (Wildman–Crippen MR) is 71.7 cm³/mol. The molecule has 0 aliphatic heterocycles. The Morgan fingerprint density at radius 2 is 2.17 bits per heavy atom. The van der Waals surface area contributed by atoms with Gasteiger partial charge in [-0.15, -0.1) is 0 Å². The first kappa shape index (κ1) is 12.9. The SMILES string of the molecule is Cc1cccc(C(=O)NC2CCCC(C)C2)c1O. The van der Waals surface area contributed by atoms with Gasteiger partial charge in [0.2, 0.25) is 0 Å². The third-order valence-electron chi connectivity index (χ3n) is 3.75. The van der Waals surface area contributed by atoms with Crippen molar-refractivity contribution in [1.29, 1.82) is 0 Å². The van der Waals surface area contributed by atoms with Crippen LogP contribution in [0.25, 0.3) is 0 Å². The van der Waals surface area contributed by atoms with Crippen LogP contribution in [0.2, 0.25) is 0 Å². The normalized spacial score (nSPS) is 23.7. The molecule has 1 aliphatic carbocycles. The summed E-state index contributed by atoms with van der Waals surface area (Å²) in [5, 5.41) is 12.9. The molecular weight excluding hydrogens is 226 g/mol. The number of para-hydroxylation sites is 1. The molecule has 18 heavy (non-hydrogen) atoms. The maximum atomic E-state index is 12.1. The van der Waals surface area contributed by atoms with Gasteiger partial charge in [0.15, 0.2) is 0 Å². The van der Waals surface area contributed by atoms with Crippen molar-refractivity contribution in [1.82, 2.24) is 5.32 Å². The van der Waals surface area contributed by atoms with Crippen molar-refractivity contribution in [2.75, 3.05) is 0 Å². The second kappa shape index (κ2) is 5.42.